The fourth-order valence-corrected chi connectivity index (χ4v) is 1.19. The van der Waals surface area contributed by atoms with Gasteiger partial charge in [0.1, 0.15) is 11.6 Å². The van der Waals surface area contributed by atoms with E-state index in [1.165, 1.54) is 6.92 Å². The van der Waals surface area contributed by atoms with Gasteiger partial charge in [0.05, 0.1) is 6.42 Å². The number of rotatable bonds is 5. The van der Waals surface area contributed by atoms with Gasteiger partial charge in [-0.1, -0.05) is 34.6 Å². The first-order valence-electron chi connectivity index (χ1n) is 5.57. The van der Waals surface area contributed by atoms with Gasteiger partial charge in [0, 0.05) is 6.42 Å². The molecule has 0 heterocycles. The number of hydrogen-bond donors (Lipinski definition) is 0. The number of ketones is 2. The summed E-state index contributed by atoms with van der Waals surface area (Å²) in [4.78, 5) is 22.2. The summed E-state index contributed by atoms with van der Waals surface area (Å²) < 4.78 is 0. The molecule has 88 valence electrons. The molecule has 2 heteroatoms. The Morgan fingerprint density at radius 1 is 1.00 bits per heavy atom. The van der Waals surface area contributed by atoms with Crippen LogP contribution in [0.15, 0.2) is 0 Å². The zero-order chi connectivity index (χ0) is 12.3. The van der Waals surface area contributed by atoms with E-state index in [9.17, 15) is 9.59 Å². The fraction of sp³-hybridized carbons (Fsp3) is 0.846. The molecule has 0 rings (SSSR count). The average molecular weight is 212 g/mol. The Morgan fingerprint density at radius 2 is 1.47 bits per heavy atom. The summed E-state index contributed by atoms with van der Waals surface area (Å²) in [7, 11) is 0. The number of carbonyl (C=O) groups is 2. The van der Waals surface area contributed by atoms with Crippen LogP contribution in [0.3, 0.4) is 0 Å². The minimum atomic E-state index is -0.0337. The lowest BCUT2D eigenvalue weighted by Crippen LogP contribution is -2.30. The second-order valence-electron chi connectivity index (χ2n) is 6.05. The molecular formula is C13H24O2. The molecule has 0 aromatic rings. The molecule has 15 heavy (non-hydrogen) atoms. The summed E-state index contributed by atoms with van der Waals surface area (Å²) in [5.74, 6) is 0.0355. The van der Waals surface area contributed by atoms with Crippen molar-refractivity contribution in [1.82, 2.24) is 0 Å². The van der Waals surface area contributed by atoms with Gasteiger partial charge in [-0.15, -0.1) is 0 Å². The second-order valence-corrected chi connectivity index (χ2v) is 6.05. The van der Waals surface area contributed by atoms with Gasteiger partial charge in [-0.05, 0) is 24.2 Å². The highest BCUT2D eigenvalue weighted by Crippen LogP contribution is 2.41. The van der Waals surface area contributed by atoms with Crippen molar-refractivity contribution in [3.63, 3.8) is 0 Å². The molecule has 0 unspecified atom stereocenters. The molecular weight excluding hydrogens is 188 g/mol. The van der Waals surface area contributed by atoms with E-state index in [1.807, 2.05) is 0 Å². The van der Waals surface area contributed by atoms with Crippen molar-refractivity contribution in [2.75, 3.05) is 0 Å². The Kier molecular flexibility index (Phi) is 4.69. The molecule has 0 saturated carbocycles. The van der Waals surface area contributed by atoms with Gasteiger partial charge in [0.15, 0.2) is 0 Å². The van der Waals surface area contributed by atoms with E-state index in [0.29, 0.717) is 6.42 Å². The quantitative estimate of drug-likeness (QED) is 0.655. The van der Waals surface area contributed by atoms with Gasteiger partial charge in [-0.2, -0.15) is 0 Å². The van der Waals surface area contributed by atoms with Crippen molar-refractivity contribution >= 4 is 11.6 Å². The van der Waals surface area contributed by atoms with E-state index >= 15 is 0 Å². The van der Waals surface area contributed by atoms with Gasteiger partial charge in [0.2, 0.25) is 0 Å². The lowest BCUT2D eigenvalue weighted by molar-refractivity contribution is -0.126. The van der Waals surface area contributed by atoms with Gasteiger partial charge in [-0.3, -0.25) is 9.59 Å². The molecule has 0 bridgehead atoms. The highest BCUT2D eigenvalue weighted by molar-refractivity contribution is 5.97. The summed E-state index contributed by atoms with van der Waals surface area (Å²) in [5.41, 5.74) is 0.308. The molecule has 0 aromatic heterocycles. The molecule has 0 aliphatic heterocycles. The van der Waals surface area contributed by atoms with Crippen molar-refractivity contribution in [1.29, 1.82) is 0 Å². The average Bonchev–Trinajstić information content (AvgIpc) is 1.97. The molecule has 0 amide bonds. The summed E-state index contributed by atoms with van der Waals surface area (Å²) in [5, 5.41) is 0. The third-order valence-corrected chi connectivity index (χ3v) is 3.51. The zero-order valence-electron chi connectivity index (χ0n) is 10.9. The topological polar surface area (TPSA) is 34.1 Å². The van der Waals surface area contributed by atoms with Crippen molar-refractivity contribution in [3.05, 3.63) is 0 Å². The van der Waals surface area contributed by atoms with Crippen molar-refractivity contribution in [2.45, 2.75) is 60.8 Å². The Balaban J connectivity index is 4.16. The van der Waals surface area contributed by atoms with E-state index in [-0.39, 0.29) is 28.8 Å². The SMILES string of the molecule is CC(=O)CC(=O)CCC(C)(C)C(C)(C)C. The number of Topliss-reactive ketones (excluding diaryl/α,β-unsaturated/α-hetero) is 2. The third-order valence-electron chi connectivity index (χ3n) is 3.51. The molecule has 0 aromatic carbocycles. The minimum absolute atomic E-state index is 0.0337. The van der Waals surface area contributed by atoms with E-state index in [2.05, 4.69) is 34.6 Å². The first-order chi connectivity index (χ1) is 6.56. The summed E-state index contributed by atoms with van der Waals surface area (Å²) in [6.45, 7) is 12.4. The van der Waals surface area contributed by atoms with Crippen molar-refractivity contribution in [3.8, 4) is 0 Å². The summed E-state index contributed by atoms with van der Waals surface area (Å²) in [6, 6.07) is 0. The summed E-state index contributed by atoms with van der Waals surface area (Å²) >= 11 is 0. The van der Waals surface area contributed by atoms with Crippen LogP contribution in [0.1, 0.15) is 60.8 Å². The zero-order valence-corrected chi connectivity index (χ0v) is 10.9. The van der Waals surface area contributed by atoms with Gasteiger partial charge >= 0.3 is 0 Å². The predicted octanol–water partition coefficient (Wildman–Crippen LogP) is 3.39. The second kappa shape index (κ2) is 4.91. The van der Waals surface area contributed by atoms with Crippen LogP contribution in [-0.2, 0) is 9.59 Å². The van der Waals surface area contributed by atoms with Crippen LogP contribution >= 0.6 is 0 Å². The third kappa shape index (κ3) is 5.10. The monoisotopic (exact) mass is 212 g/mol. The maximum absolute atomic E-state index is 11.4. The van der Waals surface area contributed by atoms with Crippen LogP contribution in [-0.4, -0.2) is 11.6 Å². The van der Waals surface area contributed by atoms with Crippen LogP contribution in [0.2, 0.25) is 0 Å². The van der Waals surface area contributed by atoms with Gasteiger partial charge < -0.3 is 0 Å². The molecule has 0 fully saturated rings. The maximum atomic E-state index is 11.4. The Bertz CT molecular complexity index is 244. The Labute approximate surface area is 93.4 Å². The number of carbonyl (C=O) groups excluding carboxylic acids is 2. The Hall–Kier alpha value is -0.660. The van der Waals surface area contributed by atoms with Crippen LogP contribution < -0.4 is 0 Å². The first-order valence-corrected chi connectivity index (χ1v) is 5.57. The van der Waals surface area contributed by atoms with Crippen molar-refractivity contribution in [2.24, 2.45) is 10.8 Å². The Morgan fingerprint density at radius 3 is 1.80 bits per heavy atom. The van der Waals surface area contributed by atoms with E-state index in [1.54, 1.807) is 0 Å². The fourth-order valence-electron chi connectivity index (χ4n) is 1.19. The molecule has 2 nitrogen and oxygen atoms in total. The molecule has 0 N–H and O–H groups in total. The number of hydrogen-bond acceptors (Lipinski definition) is 2. The van der Waals surface area contributed by atoms with Crippen LogP contribution in [0.4, 0.5) is 0 Å². The standard InChI is InChI=1S/C13H24O2/c1-10(14)9-11(15)7-8-13(5,6)12(2,3)4/h7-9H2,1-6H3. The molecule has 0 aliphatic carbocycles. The van der Waals surface area contributed by atoms with Crippen LogP contribution in [0.5, 0.6) is 0 Å². The lowest BCUT2D eigenvalue weighted by atomic mass is 9.66. The molecule has 0 atom stereocenters. The molecule has 0 saturated heterocycles. The normalized spacial score (nSPS) is 12.7. The smallest absolute Gasteiger partial charge is 0.140 e. The maximum Gasteiger partial charge on any atom is 0.140 e. The molecule has 0 radical (unpaired) electrons. The van der Waals surface area contributed by atoms with Crippen molar-refractivity contribution < 1.29 is 9.59 Å². The lowest BCUT2D eigenvalue weighted by Gasteiger charge is -2.38. The van der Waals surface area contributed by atoms with Crippen LogP contribution in [0.25, 0.3) is 0 Å². The molecule has 0 aliphatic rings. The van der Waals surface area contributed by atoms with E-state index in [4.69, 9.17) is 0 Å². The molecule has 0 spiro atoms. The first kappa shape index (κ1) is 14.3. The highest BCUT2D eigenvalue weighted by Gasteiger charge is 2.32. The van der Waals surface area contributed by atoms with Crippen LogP contribution in [0, 0.1) is 10.8 Å². The minimum Gasteiger partial charge on any atom is -0.300 e. The summed E-state index contributed by atoms with van der Waals surface area (Å²) in [6.07, 6.45) is 1.46. The van der Waals surface area contributed by atoms with E-state index in [0.717, 1.165) is 6.42 Å². The van der Waals surface area contributed by atoms with E-state index < -0.39 is 0 Å². The largest absolute Gasteiger partial charge is 0.300 e. The van der Waals surface area contributed by atoms with Gasteiger partial charge in [0.25, 0.3) is 0 Å². The highest BCUT2D eigenvalue weighted by atomic mass is 16.1. The van der Waals surface area contributed by atoms with Gasteiger partial charge in [-0.25, -0.2) is 0 Å². The predicted molar refractivity (Wildman–Crippen MR) is 62.8 cm³/mol.